The number of nitriles is 1. The maximum Gasteiger partial charge on any atom is 0.190 e. The van der Waals surface area contributed by atoms with Crippen LogP contribution in [-0.2, 0) is 0 Å². The van der Waals surface area contributed by atoms with Crippen LogP contribution < -0.4 is 4.74 Å². The van der Waals surface area contributed by atoms with Crippen molar-refractivity contribution in [3.8, 4) is 23.1 Å². The third-order valence-electron chi connectivity index (χ3n) is 2.80. The summed E-state index contributed by atoms with van der Waals surface area (Å²) in [6.07, 6.45) is 1.81. The highest BCUT2D eigenvalue weighted by molar-refractivity contribution is 5.96. The van der Waals surface area contributed by atoms with Crippen LogP contribution in [0.5, 0.6) is 5.75 Å². The number of hydrogen-bond donors (Lipinski definition) is 2. The van der Waals surface area contributed by atoms with Crippen molar-refractivity contribution in [2.24, 2.45) is 0 Å². The van der Waals surface area contributed by atoms with E-state index in [9.17, 15) is 0 Å². The van der Waals surface area contributed by atoms with E-state index < -0.39 is 0 Å². The van der Waals surface area contributed by atoms with Gasteiger partial charge in [0.15, 0.2) is 5.69 Å². The molecule has 0 aliphatic heterocycles. The molecule has 18 heavy (non-hydrogen) atoms. The summed E-state index contributed by atoms with van der Waals surface area (Å²) in [5.74, 6) is 0.755. The molecule has 3 rings (SSSR count). The van der Waals surface area contributed by atoms with Crippen LogP contribution in [0.25, 0.3) is 22.2 Å². The lowest BCUT2D eigenvalue weighted by Crippen LogP contribution is -1.83. The number of aromatic amines is 2. The quantitative estimate of drug-likeness (QED) is 0.713. The summed E-state index contributed by atoms with van der Waals surface area (Å²) in [5, 5.41) is 20.2. The lowest BCUT2D eigenvalue weighted by atomic mass is 10.1. The number of rotatable bonds is 2. The number of fused-ring (bicyclic) bond motifs is 1. The summed E-state index contributed by atoms with van der Waals surface area (Å²) in [6, 6.07) is 7.70. The van der Waals surface area contributed by atoms with Crippen LogP contribution in [0.4, 0.5) is 0 Å². The Morgan fingerprint density at radius 3 is 3.00 bits per heavy atom. The predicted molar refractivity (Wildman–Crippen MR) is 64.9 cm³/mol. The first kappa shape index (κ1) is 10.4. The number of methoxy groups -OCH3 is 1. The van der Waals surface area contributed by atoms with Gasteiger partial charge in [-0.25, -0.2) is 0 Å². The molecule has 2 heterocycles. The summed E-state index contributed by atoms with van der Waals surface area (Å²) in [4.78, 5) is 3.13. The maximum atomic E-state index is 8.97. The third kappa shape index (κ3) is 1.42. The minimum atomic E-state index is 0.277. The molecule has 88 valence electrons. The average molecular weight is 239 g/mol. The van der Waals surface area contributed by atoms with E-state index in [1.54, 1.807) is 7.11 Å². The van der Waals surface area contributed by atoms with Crippen molar-refractivity contribution in [1.29, 1.82) is 5.26 Å². The van der Waals surface area contributed by atoms with Crippen LogP contribution in [-0.4, -0.2) is 27.5 Å². The molecule has 0 saturated carbocycles. The van der Waals surface area contributed by atoms with Gasteiger partial charge in [0, 0.05) is 22.7 Å². The van der Waals surface area contributed by atoms with E-state index in [1.807, 2.05) is 30.5 Å². The third-order valence-corrected chi connectivity index (χ3v) is 2.80. The molecule has 2 N–H and O–H groups in total. The first-order valence-electron chi connectivity index (χ1n) is 5.30. The van der Waals surface area contributed by atoms with Crippen LogP contribution >= 0.6 is 0 Å². The molecule has 0 saturated heterocycles. The first-order chi connectivity index (χ1) is 8.83. The van der Waals surface area contributed by atoms with E-state index in [1.165, 1.54) is 0 Å². The SMILES string of the molecule is COc1ccc2[nH]cc(-c3n[nH]nc3C#N)c2c1. The zero-order chi connectivity index (χ0) is 12.5. The van der Waals surface area contributed by atoms with E-state index in [0.717, 1.165) is 22.2 Å². The Bertz CT molecular complexity index is 749. The molecular formula is C12H9N5O. The van der Waals surface area contributed by atoms with E-state index in [2.05, 4.69) is 20.4 Å². The highest BCUT2D eigenvalue weighted by Gasteiger charge is 2.14. The molecule has 0 fully saturated rings. The molecule has 0 spiro atoms. The molecular weight excluding hydrogens is 230 g/mol. The normalized spacial score (nSPS) is 10.4. The van der Waals surface area contributed by atoms with Gasteiger partial charge in [0.05, 0.1) is 7.11 Å². The molecule has 0 amide bonds. The first-order valence-corrected chi connectivity index (χ1v) is 5.30. The van der Waals surface area contributed by atoms with E-state index in [0.29, 0.717) is 5.69 Å². The number of nitrogens with one attached hydrogen (secondary N) is 2. The van der Waals surface area contributed by atoms with Crippen molar-refractivity contribution in [3.05, 3.63) is 30.1 Å². The minimum absolute atomic E-state index is 0.277. The van der Waals surface area contributed by atoms with Gasteiger partial charge in [-0.15, -0.1) is 5.10 Å². The monoisotopic (exact) mass is 239 g/mol. The summed E-state index contributed by atoms with van der Waals surface area (Å²) in [5.41, 5.74) is 2.60. The van der Waals surface area contributed by atoms with Gasteiger partial charge in [0.2, 0.25) is 0 Å². The van der Waals surface area contributed by atoms with Crippen molar-refractivity contribution in [3.63, 3.8) is 0 Å². The largest absolute Gasteiger partial charge is 0.497 e. The molecule has 6 heteroatoms. The zero-order valence-electron chi connectivity index (χ0n) is 9.56. The van der Waals surface area contributed by atoms with Gasteiger partial charge in [-0.1, -0.05) is 0 Å². The van der Waals surface area contributed by atoms with Crippen LogP contribution in [0, 0.1) is 11.3 Å². The molecule has 6 nitrogen and oxygen atoms in total. The molecule has 3 aromatic rings. The Kier molecular flexibility index (Phi) is 2.24. The molecule has 0 aliphatic rings. The van der Waals surface area contributed by atoms with Gasteiger partial charge in [-0.05, 0) is 18.2 Å². The summed E-state index contributed by atoms with van der Waals surface area (Å²) >= 11 is 0. The van der Waals surface area contributed by atoms with E-state index >= 15 is 0 Å². The van der Waals surface area contributed by atoms with E-state index in [-0.39, 0.29) is 5.69 Å². The van der Waals surface area contributed by atoms with Crippen molar-refractivity contribution in [1.82, 2.24) is 20.4 Å². The number of H-pyrrole nitrogens is 2. The molecule has 0 atom stereocenters. The smallest absolute Gasteiger partial charge is 0.190 e. The Hall–Kier alpha value is -2.81. The summed E-state index contributed by atoms with van der Waals surface area (Å²) in [7, 11) is 1.62. The second kappa shape index (κ2) is 3.89. The van der Waals surface area contributed by atoms with Gasteiger partial charge < -0.3 is 9.72 Å². The molecule has 0 aliphatic carbocycles. The van der Waals surface area contributed by atoms with Crippen LogP contribution in [0.3, 0.4) is 0 Å². The Morgan fingerprint density at radius 2 is 2.22 bits per heavy atom. The van der Waals surface area contributed by atoms with Crippen molar-refractivity contribution in [2.45, 2.75) is 0 Å². The van der Waals surface area contributed by atoms with Crippen LogP contribution in [0.1, 0.15) is 5.69 Å². The van der Waals surface area contributed by atoms with Crippen LogP contribution in [0.15, 0.2) is 24.4 Å². The lowest BCUT2D eigenvalue weighted by molar-refractivity contribution is 0.415. The fourth-order valence-electron chi connectivity index (χ4n) is 1.92. The zero-order valence-corrected chi connectivity index (χ0v) is 9.56. The molecule has 0 bridgehead atoms. The fourth-order valence-corrected chi connectivity index (χ4v) is 1.92. The molecule has 1 aromatic carbocycles. The second-order valence-corrected chi connectivity index (χ2v) is 3.75. The Morgan fingerprint density at radius 1 is 1.33 bits per heavy atom. The highest BCUT2D eigenvalue weighted by atomic mass is 16.5. The number of nitrogens with zero attached hydrogens (tertiary/aromatic N) is 3. The predicted octanol–water partition coefficient (Wildman–Crippen LogP) is 1.83. The van der Waals surface area contributed by atoms with Crippen molar-refractivity contribution >= 4 is 10.9 Å². The van der Waals surface area contributed by atoms with Gasteiger partial charge in [-0.3, -0.25) is 0 Å². The molecule has 0 unspecified atom stereocenters. The lowest BCUT2D eigenvalue weighted by Gasteiger charge is -2.00. The fraction of sp³-hybridized carbons (Fsp3) is 0.0833. The second-order valence-electron chi connectivity index (χ2n) is 3.75. The summed E-state index contributed by atoms with van der Waals surface area (Å²) < 4.78 is 5.20. The van der Waals surface area contributed by atoms with Crippen molar-refractivity contribution in [2.75, 3.05) is 7.11 Å². The van der Waals surface area contributed by atoms with Gasteiger partial charge >= 0.3 is 0 Å². The minimum Gasteiger partial charge on any atom is -0.497 e. The van der Waals surface area contributed by atoms with Crippen LogP contribution in [0.2, 0.25) is 0 Å². The van der Waals surface area contributed by atoms with Crippen molar-refractivity contribution < 1.29 is 4.74 Å². The highest BCUT2D eigenvalue weighted by Crippen LogP contribution is 2.30. The standard InChI is InChI=1S/C12H9N5O/c1-18-7-2-3-10-8(4-7)9(6-14-10)12-11(5-13)15-17-16-12/h2-4,6,14H,1H3,(H,15,16,17). The Labute approximate surface area is 102 Å². The van der Waals surface area contributed by atoms with Gasteiger partial charge in [0.1, 0.15) is 17.5 Å². The van der Waals surface area contributed by atoms with Gasteiger partial charge in [0.25, 0.3) is 0 Å². The van der Waals surface area contributed by atoms with Gasteiger partial charge in [-0.2, -0.15) is 15.6 Å². The molecule has 2 aromatic heterocycles. The average Bonchev–Trinajstić information content (AvgIpc) is 3.03. The maximum absolute atomic E-state index is 8.97. The number of benzene rings is 1. The summed E-state index contributed by atoms with van der Waals surface area (Å²) in [6.45, 7) is 0. The number of hydrogen-bond acceptors (Lipinski definition) is 4. The van der Waals surface area contributed by atoms with E-state index in [4.69, 9.17) is 10.00 Å². The number of aromatic nitrogens is 4. The molecule has 0 radical (unpaired) electrons. The number of ether oxygens (including phenoxy) is 1. The topological polar surface area (TPSA) is 90.4 Å². The Balaban J connectivity index is 2.27.